The molecule has 0 saturated carbocycles. The standard InChI is InChI=1S/C12H11F4N3/c1-17-7-9-4-5-19(18-9)11-6-8(12(14,15)16)2-3-10(11)13/h2-6,17H,7H2,1H3. The summed E-state index contributed by atoms with van der Waals surface area (Å²) < 4.78 is 52.4. The van der Waals surface area contributed by atoms with Crippen LogP contribution in [0.4, 0.5) is 17.6 Å². The zero-order valence-corrected chi connectivity index (χ0v) is 10.0. The molecule has 0 aliphatic rings. The Morgan fingerprint density at radius 1 is 1.26 bits per heavy atom. The van der Waals surface area contributed by atoms with Gasteiger partial charge in [-0.3, -0.25) is 0 Å². The molecule has 0 amide bonds. The van der Waals surface area contributed by atoms with E-state index in [1.54, 1.807) is 13.1 Å². The van der Waals surface area contributed by atoms with Crippen LogP contribution < -0.4 is 5.32 Å². The highest BCUT2D eigenvalue weighted by atomic mass is 19.4. The van der Waals surface area contributed by atoms with E-state index in [4.69, 9.17) is 0 Å². The summed E-state index contributed by atoms with van der Waals surface area (Å²) in [6.07, 6.45) is -3.09. The second kappa shape index (κ2) is 5.00. The minimum atomic E-state index is -4.51. The van der Waals surface area contributed by atoms with Crippen molar-refractivity contribution in [1.82, 2.24) is 15.1 Å². The van der Waals surface area contributed by atoms with Gasteiger partial charge in [0.05, 0.1) is 11.3 Å². The highest BCUT2D eigenvalue weighted by Gasteiger charge is 2.31. The van der Waals surface area contributed by atoms with Gasteiger partial charge in [0.1, 0.15) is 11.5 Å². The lowest BCUT2D eigenvalue weighted by Crippen LogP contribution is -2.09. The van der Waals surface area contributed by atoms with Gasteiger partial charge >= 0.3 is 6.18 Å². The SMILES string of the molecule is CNCc1ccn(-c2cc(C(F)(F)F)ccc2F)n1. The first-order valence-electron chi connectivity index (χ1n) is 5.48. The molecule has 2 aromatic rings. The fourth-order valence-corrected chi connectivity index (χ4v) is 1.64. The van der Waals surface area contributed by atoms with Crippen LogP contribution in [0.3, 0.4) is 0 Å². The van der Waals surface area contributed by atoms with Crippen molar-refractivity contribution >= 4 is 0 Å². The summed E-state index contributed by atoms with van der Waals surface area (Å²) >= 11 is 0. The molecule has 0 aliphatic carbocycles. The van der Waals surface area contributed by atoms with Crippen molar-refractivity contribution in [2.75, 3.05) is 7.05 Å². The van der Waals surface area contributed by atoms with Crippen LogP contribution in [0.25, 0.3) is 5.69 Å². The Morgan fingerprint density at radius 2 is 2.00 bits per heavy atom. The van der Waals surface area contributed by atoms with Gasteiger partial charge in [0.25, 0.3) is 0 Å². The largest absolute Gasteiger partial charge is 0.416 e. The molecule has 1 aromatic carbocycles. The Hall–Kier alpha value is -1.89. The van der Waals surface area contributed by atoms with Gasteiger partial charge in [0.15, 0.2) is 0 Å². The topological polar surface area (TPSA) is 29.9 Å². The second-order valence-electron chi connectivity index (χ2n) is 3.95. The normalized spacial score (nSPS) is 11.8. The zero-order chi connectivity index (χ0) is 14.0. The fourth-order valence-electron chi connectivity index (χ4n) is 1.64. The van der Waals surface area contributed by atoms with Crippen molar-refractivity contribution < 1.29 is 17.6 Å². The summed E-state index contributed by atoms with van der Waals surface area (Å²) in [5, 5.41) is 6.85. The molecule has 0 spiro atoms. The van der Waals surface area contributed by atoms with Crippen LogP contribution in [0.1, 0.15) is 11.3 Å². The summed E-state index contributed by atoms with van der Waals surface area (Å²) in [7, 11) is 1.71. The molecule has 0 radical (unpaired) electrons. The van der Waals surface area contributed by atoms with Gasteiger partial charge in [-0.25, -0.2) is 9.07 Å². The van der Waals surface area contributed by atoms with E-state index in [2.05, 4.69) is 10.4 Å². The number of aromatic nitrogens is 2. The number of benzene rings is 1. The van der Waals surface area contributed by atoms with Gasteiger partial charge in [-0.1, -0.05) is 0 Å². The maximum absolute atomic E-state index is 13.6. The molecule has 3 nitrogen and oxygen atoms in total. The first-order valence-corrected chi connectivity index (χ1v) is 5.48. The van der Waals surface area contributed by atoms with Crippen molar-refractivity contribution in [2.45, 2.75) is 12.7 Å². The smallest absolute Gasteiger partial charge is 0.314 e. The van der Waals surface area contributed by atoms with Gasteiger partial charge in [-0.2, -0.15) is 18.3 Å². The van der Waals surface area contributed by atoms with Crippen molar-refractivity contribution in [3.63, 3.8) is 0 Å². The molecule has 102 valence electrons. The second-order valence-corrected chi connectivity index (χ2v) is 3.95. The molecule has 0 aliphatic heterocycles. The van der Waals surface area contributed by atoms with E-state index in [1.807, 2.05) is 0 Å². The van der Waals surface area contributed by atoms with Gasteiger partial charge in [0.2, 0.25) is 0 Å². The van der Waals surface area contributed by atoms with Gasteiger partial charge < -0.3 is 5.32 Å². The van der Waals surface area contributed by atoms with E-state index in [0.29, 0.717) is 18.3 Å². The Bertz CT molecular complexity index is 575. The lowest BCUT2D eigenvalue weighted by molar-refractivity contribution is -0.137. The molecule has 0 unspecified atom stereocenters. The van der Waals surface area contributed by atoms with Gasteiger partial charge in [0, 0.05) is 12.7 Å². The fraction of sp³-hybridized carbons (Fsp3) is 0.250. The molecule has 1 heterocycles. The van der Waals surface area contributed by atoms with Gasteiger partial charge in [-0.15, -0.1) is 0 Å². The average molecular weight is 273 g/mol. The lowest BCUT2D eigenvalue weighted by atomic mass is 10.2. The summed E-state index contributed by atoms with van der Waals surface area (Å²) in [5.74, 6) is -0.757. The van der Waals surface area contributed by atoms with Crippen molar-refractivity contribution in [1.29, 1.82) is 0 Å². The first kappa shape index (κ1) is 13.5. The molecule has 0 saturated heterocycles. The molecule has 1 aromatic heterocycles. The molecule has 0 bridgehead atoms. The van der Waals surface area contributed by atoms with Crippen molar-refractivity contribution in [2.24, 2.45) is 0 Å². The third kappa shape index (κ3) is 2.93. The third-order valence-corrected chi connectivity index (χ3v) is 2.52. The molecular formula is C12H11F4N3. The van der Waals surface area contributed by atoms with Crippen molar-refractivity contribution in [3.8, 4) is 5.69 Å². The van der Waals surface area contributed by atoms with Crippen LogP contribution in [0.5, 0.6) is 0 Å². The van der Waals surface area contributed by atoms with E-state index in [1.165, 1.54) is 6.20 Å². The summed E-state index contributed by atoms with van der Waals surface area (Å²) in [5.41, 5.74) is -0.522. The summed E-state index contributed by atoms with van der Waals surface area (Å²) in [4.78, 5) is 0. The summed E-state index contributed by atoms with van der Waals surface area (Å²) in [6, 6.07) is 3.84. The quantitative estimate of drug-likeness (QED) is 0.871. The number of hydrogen-bond donors (Lipinski definition) is 1. The molecule has 2 rings (SSSR count). The number of halogens is 4. The Morgan fingerprint density at radius 3 is 2.63 bits per heavy atom. The van der Waals surface area contributed by atoms with Crippen LogP contribution in [0.2, 0.25) is 0 Å². The first-order chi connectivity index (χ1) is 8.91. The third-order valence-electron chi connectivity index (χ3n) is 2.52. The van der Waals surface area contributed by atoms with Crippen LogP contribution in [-0.2, 0) is 12.7 Å². The number of hydrogen-bond acceptors (Lipinski definition) is 2. The van der Waals surface area contributed by atoms with E-state index < -0.39 is 17.6 Å². The van der Waals surface area contributed by atoms with Crippen LogP contribution >= 0.6 is 0 Å². The Kier molecular flexibility index (Phi) is 3.57. The minimum Gasteiger partial charge on any atom is -0.314 e. The number of nitrogens with zero attached hydrogens (tertiary/aromatic N) is 2. The molecule has 0 atom stereocenters. The lowest BCUT2D eigenvalue weighted by Gasteiger charge is -2.09. The predicted octanol–water partition coefficient (Wildman–Crippen LogP) is 2.75. The van der Waals surface area contributed by atoms with Gasteiger partial charge in [-0.05, 0) is 31.3 Å². The van der Waals surface area contributed by atoms with E-state index >= 15 is 0 Å². The maximum atomic E-state index is 13.6. The summed E-state index contributed by atoms with van der Waals surface area (Å²) in [6.45, 7) is 0.452. The minimum absolute atomic E-state index is 0.225. The van der Waals surface area contributed by atoms with Crippen molar-refractivity contribution in [3.05, 3.63) is 47.5 Å². The highest BCUT2D eigenvalue weighted by Crippen LogP contribution is 2.31. The molecule has 0 fully saturated rings. The Labute approximate surface area is 106 Å². The monoisotopic (exact) mass is 273 g/mol. The zero-order valence-electron chi connectivity index (χ0n) is 10.0. The number of nitrogens with one attached hydrogen (secondary N) is 1. The maximum Gasteiger partial charge on any atom is 0.416 e. The average Bonchev–Trinajstić information content (AvgIpc) is 2.77. The highest BCUT2D eigenvalue weighted by molar-refractivity contribution is 5.38. The number of rotatable bonds is 3. The number of alkyl halides is 3. The van der Waals surface area contributed by atoms with Crippen LogP contribution in [0.15, 0.2) is 30.5 Å². The van der Waals surface area contributed by atoms with E-state index in [-0.39, 0.29) is 5.69 Å². The molecular weight excluding hydrogens is 262 g/mol. The van der Waals surface area contributed by atoms with Crippen LogP contribution in [0, 0.1) is 5.82 Å². The van der Waals surface area contributed by atoms with Crippen LogP contribution in [-0.4, -0.2) is 16.8 Å². The molecule has 19 heavy (non-hydrogen) atoms. The molecule has 1 N–H and O–H groups in total. The van der Waals surface area contributed by atoms with E-state index in [0.717, 1.165) is 16.8 Å². The van der Waals surface area contributed by atoms with E-state index in [9.17, 15) is 17.6 Å². The molecule has 7 heteroatoms. The predicted molar refractivity (Wildman–Crippen MR) is 61.3 cm³/mol. The Balaban J connectivity index is 2.42.